The van der Waals surface area contributed by atoms with Gasteiger partial charge in [0.25, 0.3) is 5.91 Å². The molecular weight excluding hydrogens is 499 g/mol. The summed E-state index contributed by atoms with van der Waals surface area (Å²) < 4.78 is 42.0. The maximum absolute atomic E-state index is 13.0. The molecule has 0 saturated carbocycles. The van der Waals surface area contributed by atoms with Crippen molar-refractivity contribution in [2.75, 3.05) is 6.54 Å². The highest BCUT2D eigenvalue weighted by Crippen LogP contribution is 2.32. The summed E-state index contributed by atoms with van der Waals surface area (Å²) in [7, 11) is 1.62. The normalized spacial score (nSPS) is 13.8. The molecule has 38 heavy (non-hydrogen) atoms. The fourth-order valence-corrected chi connectivity index (χ4v) is 3.77. The number of nitrogens with two attached hydrogens (primary N) is 1. The van der Waals surface area contributed by atoms with E-state index in [0.29, 0.717) is 22.6 Å². The molecule has 0 fully saturated rings. The molecule has 1 amide bonds. The SMILES string of the molecule is Cn1nc(-n2cccn2)cc1C(=O)NCC(C)(O)c1cc(C(C)(C)N)cc(-c2ccc(C(F)(F)F)cc2)n1. The summed E-state index contributed by atoms with van der Waals surface area (Å²) in [5.74, 6) is -0.0212. The Morgan fingerprint density at radius 2 is 1.76 bits per heavy atom. The minimum Gasteiger partial charge on any atom is -0.382 e. The van der Waals surface area contributed by atoms with Gasteiger partial charge in [0, 0.05) is 36.6 Å². The van der Waals surface area contributed by atoms with Crippen LogP contribution < -0.4 is 11.1 Å². The fourth-order valence-electron chi connectivity index (χ4n) is 3.77. The van der Waals surface area contributed by atoms with Crippen molar-refractivity contribution in [3.63, 3.8) is 0 Å². The first-order chi connectivity index (χ1) is 17.6. The minimum absolute atomic E-state index is 0.200. The van der Waals surface area contributed by atoms with Crippen molar-refractivity contribution in [3.05, 3.63) is 83.4 Å². The lowest BCUT2D eigenvalue weighted by Gasteiger charge is -2.27. The van der Waals surface area contributed by atoms with E-state index >= 15 is 0 Å². The van der Waals surface area contributed by atoms with Crippen LogP contribution in [-0.2, 0) is 24.4 Å². The number of carbonyl (C=O) groups excluding carboxylic acids is 1. The minimum atomic E-state index is -4.47. The van der Waals surface area contributed by atoms with Gasteiger partial charge in [0.2, 0.25) is 0 Å². The van der Waals surface area contributed by atoms with E-state index in [4.69, 9.17) is 5.73 Å². The van der Waals surface area contributed by atoms with Crippen molar-refractivity contribution in [3.8, 4) is 17.1 Å². The lowest BCUT2D eigenvalue weighted by molar-refractivity contribution is -0.137. The van der Waals surface area contributed by atoms with E-state index < -0.39 is 28.8 Å². The van der Waals surface area contributed by atoms with Crippen LogP contribution in [0.15, 0.2) is 60.9 Å². The number of halogens is 3. The molecule has 0 aliphatic carbocycles. The second kappa shape index (κ2) is 9.69. The average Bonchev–Trinajstić information content (AvgIpc) is 3.51. The molecule has 200 valence electrons. The van der Waals surface area contributed by atoms with E-state index in [1.54, 1.807) is 57.6 Å². The molecule has 0 aliphatic rings. The highest BCUT2D eigenvalue weighted by atomic mass is 19.4. The maximum Gasteiger partial charge on any atom is 0.416 e. The third-order valence-corrected chi connectivity index (χ3v) is 6.06. The summed E-state index contributed by atoms with van der Waals surface area (Å²) in [4.78, 5) is 17.4. The van der Waals surface area contributed by atoms with Crippen LogP contribution >= 0.6 is 0 Å². The Bertz CT molecular complexity index is 1440. The van der Waals surface area contributed by atoms with Crippen LogP contribution in [0.5, 0.6) is 0 Å². The Balaban J connectivity index is 1.61. The summed E-state index contributed by atoms with van der Waals surface area (Å²) in [5.41, 5.74) is 4.88. The molecule has 3 aromatic heterocycles. The molecule has 0 aliphatic heterocycles. The van der Waals surface area contributed by atoms with E-state index in [1.165, 1.54) is 28.4 Å². The summed E-state index contributed by atoms with van der Waals surface area (Å²) in [6.07, 6.45) is -1.18. The second-order valence-corrected chi connectivity index (χ2v) is 9.84. The van der Waals surface area contributed by atoms with Crippen molar-refractivity contribution >= 4 is 5.91 Å². The number of carbonyl (C=O) groups is 1. The summed E-state index contributed by atoms with van der Waals surface area (Å²) in [6.45, 7) is 4.80. The monoisotopic (exact) mass is 527 g/mol. The van der Waals surface area contributed by atoms with Crippen LogP contribution in [0.4, 0.5) is 13.2 Å². The first-order valence-corrected chi connectivity index (χ1v) is 11.7. The summed E-state index contributed by atoms with van der Waals surface area (Å²) in [6, 6.07) is 11.2. The smallest absolute Gasteiger partial charge is 0.382 e. The number of rotatable bonds is 7. The van der Waals surface area contributed by atoms with Gasteiger partial charge in [-0.15, -0.1) is 0 Å². The van der Waals surface area contributed by atoms with E-state index in [-0.39, 0.29) is 17.9 Å². The van der Waals surface area contributed by atoms with Gasteiger partial charge in [-0.1, -0.05) is 12.1 Å². The van der Waals surface area contributed by atoms with E-state index in [1.807, 2.05) is 0 Å². The van der Waals surface area contributed by atoms with Crippen LogP contribution in [-0.4, -0.2) is 42.1 Å². The molecule has 0 spiro atoms. The Morgan fingerprint density at radius 1 is 1.08 bits per heavy atom. The van der Waals surface area contributed by atoms with Crippen molar-refractivity contribution in [2.45, 2.75) is 38.1 Å². The number of aryl methyl sites for hydroxylation is 1. The van der Waals surface area contributed by atoms with Gasteiger partial charge in [0.15, 0.2) is 5.82 Å². The van der Waals surface area contributed by atoms with Gasteiger partial charge in [-0.25, -0.2) is 9.67 Å². The number of hydrogen-bond donors (Lipinski definition) is 3. The van der Waals surface area contributed by atoms with Crippen LogP contribution in [0.2, 0.25) is 0 Å². The maximum atomic E-state index is 13.0. The molecule has 0 radical (unpaired) electrons. The number of amides is 1. The number of hydrogen-bond acceptors (Lipinski definition) is 6. The van der Waals surface area contributed by atoms with Crippen molar-refractivity contribution < 1.29 is 23.1 Å². The average molecular weight is 528 g/mol. The van der Waals surface area contributed by atoms with E-state index in [9.17, 15) is 23.1 Å². The standard InChI is InChI=1S/C26H28F3N7O2/c1-24(2,30)18-12-19(16-6-8-17(9-7-16)26(27,28)29)33-21(13-18)25(3,38)15-31-23(37)20-14-22(34-35(20)4)36-11-5-10-32-36/h5-14,38H,15,30H2,1-4H3,(H,31,37). The summed E-state index contributed by atoms with van der Waals surface area (Å²) in [5, 5.41) is 22.4. The predicted octanol–water partition coefficient (Wildman–Crippen LogP) is 3.52. The molecular formula is C26H28F3N7O2. The molecule has 4 aromatic rings. The van der Waals surface area contributed by atoms with Gasteiger partial charge < -0.3 is 16.2 Å². The molecule has 4 N–H and O–H groups in total. The van der Waals surface area contributed by atoms with Crippen LogP contribution in [0.3, 0.4) is 0 Å². The van der Waals surface area contributed by atoms with Crippen molar-refractivity contribution in [1.82, 2.24) is 29.9 Å². The van der Waals surface area contributed by atoms with Gasteiger partial charge in [0.05, 0.1) is 23.5 Å². The van der Waals surface area contributed by atoms with Gasteiger partial charge in [-0.3, -0.25) is 9.48 Å². The van der Waals surface area contributed by atoms with Crippen LogP contribution in [0.25, 0.3) is 17.1 Å². The number of nitrogens with one attached hydrogen (secondary N) is 1. The quantitative estimate of drug-likeness (QED) is 0.338. The van der Waals surface area contributed by atoms with Crippen LogP contribution in [0, 0.1) is 0 Å². The predicted molar refractivity (Wildman–Crippen MR) is 134 cm³/mol. The number of aliphatic hydroxyl groups is 1. The lowest BCUT2D eigenvalue weighted by atomic mass is 9.90. The van der Waals surface area contributed by atoms with Gasteiger partial charge in [-0.05, 0) is 56.7 Å². The molecule has 4 rings (SSSR count). The zero-order valence-electron chi connectivity index (χ0n) is 21.3. The molecule has 0 bridgehead atoms. The lowest BCUT2D eigenvalue weighted by Crippen LogP contribution is -2.40. The van der Waals surface area contributed by atoms with E-state index in [2.05, 4.69) is 20.5 Å². The Hall–Kier alpha value is -4.03. The molecule has 1 aromatic carbocycles. The molecule has 1 unspecified atom stereocenters. The third kappa shape index (κ3) is 5.76. The van der Waals surface area contributed by atoms with Crippen molar-refractivity contribution in [1.29, 1.82) is 0 Å². The first kappa shape index (κ1) is 27.0. The largest absolute Gasteiger partial charge is 0.416 e. The molecule has 3 heterocycles. The second-order valence-electron chi connectivity index (χ2n) is 9.84. The fraction of sp³-hybridized carbons (Fsp3) is 0.308. The topological polar surface area (TPSA) is 124 Å². The number of nitrogens with zero attached hydrogens (tertiary/aromatic N) is 5. The van der Waals surface area contributed by atoms with Crippen molar-refractivity contribution in [2.24, 2.45) is 12.8 Å². The molecule has 12 heteroatoms. The molecule has 9 nitrogen and oxygen atoms in total. The number of pyridine rings is 1. The highest BCUT2D eigenvalue weighted by molar-refractivity contribution is 5.93. The highest BCUT2D eigenvalue weighted by Gasteiger charge is 2.31. The number of benzene rings is 1. The zero-order chi connectivity index (χ0) is 27.9. The summed E-state index contributed by atoms with van der Waals surface area (Å²) >= 11 is 0. The van der Waals surface area contributed by atoms with Gasteiger partial charge in [0.1, 0.15) is 11.3 Å². The Kier molecular flexibility index (Phi) is 6.89. The Labute approximate surface area is 217 Å². The van der Waals surface area contributed by atoms with Gasteiger partial charge >= 0.3 is 6.18 Å². The molecule has 1 atom stereocenters. The van der Waals surface area contributed by atoms with Gasteiger partial charge in [-0.2, -0.15) is 23.4 Å². The first-order valence-electron chi connectivity index (χ1n) is 11.7. The van der Waals surface area contributed by atoms with E-state index in [0.717, 1.165) is 12.1 Å². The third-order valence-electron chi connectivity index (χ3n) is 6.06. The number of alkyl halides is 3. The number of aromatic nitrogens is 5. The molecule has 0 saturated heterocycles. The Morgan fingerprint density at radius 3 is 2.34 bits per heavy atom. The van der Waals surface area contributed by atoms with Crippen LogP contribution in [0.1, 0.15) is 48.1 Å². The zero-order valence-corrected chi connectivity index (χ0v) is 21.3.